The van der Waals surface area contributed by atoms with Gasteiger partial charge in [-0.1, -0.05) is 32.4 Å². The molecule has 3 aromatic rings. The summed E-state index contributed by atoms with van der Waals surface area (Å²) in [6.07, 6.45) is 2.63. The quantitative estimate of drug-likeness (QED) is 0.429. The molecule has 0 fully saturated rings. The van der Waals surface area contributed by atoms with E-state index in [2.05, 4.69) is 20.0 Å². The number of halogens is 1. The lowest BCUT2D eigenvalue weighted by atomic mass is 9.86. The molecular formula is C21H22ClN3O6. The highest BCUT2D eigenvalue weighted by molar-refractivity contribution is 6.31. The molecule has 3 rings (SSSR count). The molecule has 1 aromatic carbocycles. The zero-order chi connectivity index (χ0) is 22.8. The van der Waals surface area contributed by atoms with Crippen LogP contribution in [-0.2, 0) is 16.7 Å². The number of esters is 2. The normalized spacial score (nSPS) is 11.3. The molecule has 0 radical (unpaired) electrons. The Labute approximate surface area is 183 Å². The van der Waals surface area contributed by atoms with E-state index in [0.29, 0.717) is 22.3 Å². The third kappa shape index (κ3) is 5.24. The molecule has 2 heterocycles. The average Bonchev–Trinajstić information content (AvgIpc) is 3.35. The van der Waals surface area contributed by atoms with Crippen molar-refractivity contribution in [2.24, 2.45) is 0 Å². The monoisotopic (exact) mass is 447 g/mol. The number of carbonyl (C=O) groups is 2. The van der Waals surface area contributed by atoms with Crippen LogP contribution in [0.3, 0.4) is 0 Å². The van der Waals surface area contributed by atoms with Crippen LogP contribution < -0.4 is 10.1 Å². The van der Waals surface area contributed by atoms with Crippen LogP contribution in [0.15, 0.2) is 33.4 Å². The number of nitrogens with zero attached hydrogens (tertiary/aromatic N) is 2. The van der Waals surface area contributed by atoms with Gasteiger partial charge in [-0.2, -0.15) is 0 Å². The summed E-state index contributed by atoms with van der Waals surface area (Å²) in [5.74, 6) is -1.02. The number of aromatic nitrogens is 2. The first-order valence-corrected chi connectivity index (χ1v) is 9.71. The number of hydrogen-bond donors (Lipinski definition) is 1. The standard InChI is InChI=1S/C21H22ClN3O6/c1-11-23-9-17(30-11)19(26)31-16-7-14(22)13(21(2,3)4)6-15(16)24-8-12-10-29-18(25-12)20(27)28-5/h6-7,9-10,24H,8H2,1-5H3. The van der Waals surface area contributed by atoms with Crippen molar-refractivity contribution in [3.05, 3.63) is 58.4 Å². The van der Waals surface area contributed by atoms with E-state index in [1.165, 1.54) is 19.6 Å². The van der Waals surface area contributed by atoms with Crippen molar-refractivity contribution in [2.45, 2.75) is 39.7 Å². The van der Waals surface area contributed by atoms with Crippen molar-refractivity contribution in [1.82, 2.24) is 9.97 Å². The Morgan fingerprint density at radius 3 is 2.58 bits per heavy atom. The van der Waals surface area contributed by atoms with Crippen LogP contribution in [0.5, 0.6) is 5.75 Å². The van der Waals surface area contributed by atoms with Crippen LogP contribution in [0.4, 0.5) is 5.69 Å². The van der Waals surface area contributed by atoms with Gasteiger partial charge in [-0.15, -0.1) is 0 Å². The Hall–Kier alpha value is -3.33. The smallest absolute Gasteiger partial charge is 0.394 e. The van der Waals surface area contributed by atoms with Crippen molar-refractivity contribution in [2.75, 3.05) is 12.4 Å². The van der Waals surface area contributed by atoms with Gasteiger partial charge >= 0.3 is 17.8 Å². The summed E-state index contributed by atoms with van der Waals surface area (Å²) in [6, 6.07) is 3.37. The minimum Gasteiger partial charge on any atom is -0.462 e. The fourth-order valence-electron chi connectivity index (χ4n) is 2.71. The van der Waals surface area contributed by atoms with Gasteiger partial charge in [0.15, 0.2) is 11.6 Å². The van der Waals surface area contributed by atoms with Crippen molar-refractivity contribution >= 4 is 29.2 Å². The number of ether oxygens (including phenoxy) is 2. The molecule has 0 aliphatic carbocycles. The lowest BCUT2D eigenvalue weighted by Crippen LogP contribution is -2.15. The number of oxazole rings is 2. The SMILES string of the molecule is COC(=O)c1nc(CNc2cc(C(C)(C)C)c(Cl)cc2OC(=O)c2cnc(C)o2)co1. The van der Waals surface area contributed by atoms with Gasteiger partial charge in [0.2, 0.25) is 5.76 Å². The minimum atomic E-state index is -0.711. The highest BCUT2D eigenvalue weighted by atomic mass is 35.5. The summed E-state index contributed by atoms with van der Waals surface area (Å²) in [4.78, 5) is 31.9. The molecular weight excluding hydrogens is 426 g/mol. The van der Waals surface area contributed by atoms with Crippen LogP contribution in [0.1, 0.15) is 59.2 Å². The molecule has 164 valence electrons. The third-order valence-electron chi connectivity index (χ3n) is 4.27. The molecule has 0 unspecified atom stereocenters. The molecule has 0 aliphatic heterocycles. The highest BCUT2D eigenvalue weighted by Gasteiger charge is 2.23. The summed E-state index contributed by atoms with van der Waals surface area (Å²) in [6.45, 7) is 7.86. The first-order valence-electron chi connectivity index (χ1n) is 9.33. The maximum absolute atomic E-state index is 12.5. The van der Waals surface area contributed by atoms with E-state index in [0.717, 1.165) is 5.56 Å². The highest BCUT2D eigenvalue weighted by Crippen LogP contribution is 2.38. The van der Waals surface area contributed by atoms with Crippen LogP contribution in [0, 0.1) is 6.92 Å². The summed E-state index contributed by atoms with van der Waals surface area (Å²) in [5.41, 5.74) is 1.55. The summed E-state index contributed by atoms with van der Waals surface area (Å²) < 4.78 is 20.4. The van der Waals surface area contributed by atoms with Crippen molar-refractivity contribution in [1.29, 1.82) is 0 Å². The van der Waals surface area contributed by atoms with Crippen LogP contribution in [-0.4, -0.2) is 29.0 Å². The van der Waals surface area contributed by atoms with Gasteiger partial charge in [-0.25, -0.2) is 19.6 Å². The fourth-order valence-corrected chi connectivity index (χ4v) is 3.15. The van der Waals surface area contributed by atoms with Crippen LogP contribution >= 0.6 is 11.6 Å². The van der Waals surface area contributed by atoms with E-state index in [1.807, 2.05) is 20.8 Å². The predicted octanol–water partition coefficient (Wildman–Crippen LogP) is 4.54. The van der Waals surface area contributed by atoms with Gasteiger partial charge in [0, 0.05) is 18.0 Å². The van der Waals surface area contributed by atoms with E-state index in [-0.39, 0.29) is 29.4 Å². The topological polar surface area (TPSA) is 117 Å². The van der Waals surface area contributed by atoms with Gasteiger partial charge in [0.05, 0.1) is 31.2 Å². The maximum Gasteiger partial charge on any atom is 0.394 e. The van der Waals surface area contributed by atoms with Gasteiger partial charge in [0.1, 0.15) is 6.26 Å². The molecule has 0 atom stereocenters. The van der Waals surface area contributed by atoms with E-state index in [9.17, 15) is 9.59 Å². The number of methoxy groups -OCH3 is 1. The summed E-state index contributed by atoms with van der Waals surface area (Å²) >= 11 is 6.46. The predicted molar refractivity (Wildman–Crippen MR) is 112 cm³/mol. The number of benzene rings is 1. The van der Waals surface area contributed by atoms with E-state index in [1.54, 1.807) is 19.1 Å². The molecule has 2 aromatic heterocycles. The number of hydrogen-bond acceptors (Lipinski definition) is 9. The number of aryl methyl sites for hydroxylation is 1. The second-order valence-electron chi connectivity index (χ2n) is 7.70. The van der Waals surface area contributed by atoms with E-state index in [4.69, 9.17) is 25.2 Å². The van der Waals surface area contributed by atoms with Crippen molar-refractivity contribution < 1.29 is 27.9 Å². The Kier molecular flexibility index (Phi) is 6.35. The second kappa shape index (κ2) is 8.81. The molecule has 0 spiro atoms. The number of carbonyl (C=O) groups excluding carboxylic acids is 2. The molecule has 0 aliphatic rings. The Balaban J connectivity index is 1.89. The molecule has 0 amide bonds. The first kappa shape index (κ1) is 22.4. The number of anilines is 1. The first-order chi connectivity index (χ1) is 14.6. The number of rotatable bonds is 6. The van der Waals surface area contributed by atoms with Gasteiger partial charge in [-0.3, -0.25) is 0 Å². The molecule has 10 heteroatoms. The molecule has 0 saturated heterocycles. The summed E-state index contributed by atoms with van der Waals surface area (Å²) in [7, 11) is 1.24. The largest absolute Gasteiger partial charge is 0.462 e. The lowest BCUT2D eigenvalue weighted by Gasteiger charge is -2.23. The van der Waals surface area contributed by atoms with E-state index >= 15 is 0 Å². The Bertz CT molecular complexity index is 1110. The van der Waals surface area contributed by atoms with Gasteiger partial charge in [0.25, 0.3) is 0 Å². The van der Waals surface area contributed by atoms with Crippen LogP contribution in [0.2, 0.25) is 5.02 Å². The van der Waals surface area contributed by atoms with Gasteiger partial charge < -0.3 is 23.6 Å². The van der Waals surface area contributed by atoms with Crippen molar-refractivity contribution in [3.8, 4) is 5.75 Å². The Morgan fingerprint density at radius 1 is 1.23 bits per heavy atom. The Morgan fingerprint density at radius 2 is 1.97 bits per heavy atom. The maximum atomic E-state index is 12.5. The molecule has 0 bridgehead atoms. The van der Waals surface area contributed by atoms with E-state index < -0.39 is 11.9 Å². The minimum absolute atomic E-state index is 0.0290. The molecule has 9 nitrogen and oxygen atoms in total. The lowest BCUT2D eigenvalue weighted by molar-refractivity contribution is 0.0555. The number of nitrogens with one attached hydrogen (secondary N) is 1. The fraction of sp³-hybridized carbons (Fsp3) is 0.333. The molecule has 0 saturated carbocycles. The molecule has 31 heavy (non-hydrogen) atoms. The van der Waals surface area contributed by atoms with Crippen LogP contribution in [0.25, 0.3) is 0 Å². The third-order valence-corrected chi connectivity index (χ3v) is 4.59. The molecule has 1 N–H and O–H groups in total. The van der Waals surface area contributed by atoms with Gasteiger partial charge in [-0.05, 0) is 17.0 Å². The summed E-state index contributed by atoms with van der Waals surface area (Å²) in [5, 5.41) is 3.59. The zero-order valence-corrected chi connectivity index (χ0v) is 18.5. The second-order valence-corrected chi connectivity index (χ2v) is 8.11. The zero-order valence-electron chi connectivity index (χ0n) is 17.7. The average molecular weight is 448 g/mol. The van der Waals surface area contributed by atoms with Crippen molar-refractivity contribution in [3.63, 3.8) is 0 Å².